The normalized spacial score (nSPS) is 13.6. The van der Waals surface area contributed by atoms with Crippen LogP contribution in [0.25, 0.3) is 0 Å². The van der Waals surface area contributed by atoms with Crippen LogP contribution in [-0.4, -0.2) is 41.5 Å². The van der Waals surface area contributed by atoms with Crippen LogP contribution in [0.2, 0.25) is 0 Å². The Hall–Kier alpha value is -3.09. The van der Waals surface area contributed by atoms with Crippen LogP contribution in [0, 0.1) is 0 Å². The van der Waals surface area contributed by atoms with Crippen molar-refractivity contribution in [1.82, 2.24) is 15.2 Å². The summed E-state index contributed by atoms with van der Waals surface area (Å²) in [6, 6.07) is 11.4. The monoisotopic (exact) mass is 437 g/mol. The molecule has 0 unspecified atom stereocenters. The molecule has 0 bridgehead atoms. The highest BCUT2D eigenvalue weighted by Crippen LogP contribution is 2.21. The zero-order valence-corrected chi connectivity index (χ0v) is 19.2. The molecule has 0 atom stereocenters. The third kappa shape index (κ3) is 6.70. The molecule has 1 saturated carbocycles. The fourth-order valence-corrected chi connectivity index (χ4v) is 4.01. The first-order valence-electron chi connectivity index (χ1n) is 11.7. The second-order valence-electron chi connectivity index (χ2n) is 8.36. The van der Waals surface area contributed by atoms with E-state index in [9.17, 15) is 9.59 Å². The molecule has 0 saturated heterocycles. The lowest BCUT2D eigenvalue weighted by atomic mass is 10.2. The average Bonchev–Trinajstić information content (AvgIpc) is 3.32. The molecule has 7 nitrogen and oxygen atoms in total. The van der Waals surface area contributed by atoms with Crippen LogP contribution in [0.5, 0.6) is 0 Å². The lowest BCUT2D eigenvalue weighted by Crippen LogP contribution is -2.44. The van der Waals surface area contributed by atoms with Crippen LogP contribution in [0.4, 0.5) is 16.2 Å². The van der Waals surface area contributed by atoms with Crippen LogP contribution in [0.15, 0.2) is 42.6 Å². The summed E-state index contributed by atoms with van der Waals surface area (Å²) in [5.41, 5.74) is 2.80. The molecule has 0 radical (unpaired) electrons. The Balaban J connectivity index is 1.62. The fraction of sp³-hybridized carbons (Fsp3) is 0.480. The number of rotatable bonds is 10. The van der Waals surface area contributed by atoms with Crippen LogP contribution in [0.3, 0.4) is 0 Å². The minimum absolute atomic E-state index is 0.00139. The zero-order chi connectivity index (χ0) is 22.8. The number of urea groups is 1. The Morgan fingerprint density at radius 2 is 1.81 bits per heavy atom. The van der Waals surface area contributed by atoms with Gasteiger partial charge in [0.05, 0.1) is 11.4 Å². The van der Waals surface area contributed by atoms with Gasteiger partial charge in [0.2, 0.25) is 0 Å². The molecule has 2 aromatic rings. The Bertz CT molecular complexity index is 878. The molecule has 0 aliphatic heterocycles. The molecule has 1 aliphatic rings. The van der Waals surface area contributed by atoms with Gasteiger partial charge in [0.25, 0.3) is 5.91 Å². The van der Waals surface area contributed by atoms with Crippen LogP contribution in [-0.2, 0) is 6.54 Å². The molecule has 7 heteroatoms. The van der Waals surface area contributed by atoms with Crippen molar-refractivity contribution in [2.75, 3.05) is 24.2 Å². The highest BCUT2D eigenvalue weighted by atomic mass is 16.2. The van der Waals surface area contributed by atoms with Crippen molar-refractivity contribution in [2.45, 2.75) is 64.5 Å². The molecule has 172 valence electrons. The van der Waals surface area contributed by atoms with Crippen LogP contribution < -0.4 is 16.0 Å². The molecular formula is C25H35N5O2. The maximum atomic E-state index is 12.9. The molecule has 1 fully saturated rings. The smallest absolute Gasteiger partial charge is 0.317 e. The van der Waals surface area contributed by atoms with Crippen molar-refractivity contribution in [3.05, 3.63) is 53.9 Å². The number of amides is 3. The third-order valence-corrected chi connectivity index (χ3v) is 5.88. The van der Waals surface area contributed by atoms with Gasteiger partial charge < -0.3 is 20.9 Å². The minimum Gasteiger partial charge on any atom is -0.386 e. The molecule has 32 heavy (non-hydrogen) atoms. The zero-order valence-electron chi connectivity index (χ0n) is 19.2. The summed E-state index contributed by atoms with van der Waals surface area (Å²) < 4.78 is 0. The van der Waals surface area contributed by atoms with Gasteiger partial charge in [-0.15, -0.1) is 0 Å². The van der Waals surface area contributed by atoms with Crippen molar-refractivity contribution < 1.29 is 9.59 Å². The van der Waals surface area contributed by atoms with Gasteiger partial charge in [0.15, 0.2) is 0 Å². The summed E-state index contributed by atoms with van der Waals surface area (Å²) >= 11 is 0. The molecule has 0 spiro atoms. The minimum atomic E-state index is -0.266. The molecule has 3 amide bonds. The van der Waals surface area contributed by atoms with E-state index in [0.29, 0.717) is 24.0 Å². The molecule has 1 heterocycles. The van der Waals surface area contributed by atoms with Gasteiger partial charge in [-0.2, -0.15) is 0 Å². The second-order valence-corrected chi connectivity index (χ2v) is 8.36. The predicted molar refractivity (Wildman–Crippen MR) is 129 cm³/mol. The molecule has 1 aromatic carbocycles. The van der Waals surface area contributed by atoms with Crippen molar-refractivity contribution in [2.24, 2.45) is 0 Å². The number of hydrogen-bond acceptors (Lipinski definition) is 4. The van der Waals surface area contributed by atoms with E-state index in [1.165, 1.54) is 12.8 Å². The summed E-state index contributed by atoms with van der Waals surface area (Å²) in [7, 11) is 1.81. The van der Waals surface area contributed by atoms with E-state index in [2.05, 4.69) is 27.9 Å². The van der Waals surface area contributed by atoms with Crippen molar-refractivity contribution in [3.63, 3.8) is 0 Å². The standard InChI is InChI=1S/C25H35N5O2/c1-3-4-9-16-30(25(32)28-20-10-5-6-11-20)18-19-14-15-23(27-17-19)24(31)29-22-13-8-7-12-21(22)26-2/h7-8,12-15,17,20,26H,3-6,9-11,16,18H2,1-2H3,(H,28,32)(H,29,31). The van der Waals surface area contributed by atoms with E-state index < -0.39 is 0 Å². The molecule has 1 aliphatic carbocycles. The maximum absolute atomic E-state index is 12.9. The lowest BCUT2D eigenvalue weighted by molar-refractivity contribution is 0.102. The van der Waals surface area contributed by atoms with E-state index in [0.717, 1.165) is 49.9 Å². The number of nitrogens with one attached hydrogen (secondary N) is 3. The summed E-state index contributed by atoms with van der Waals surface area (Å²) in [5, 5.41) is 9.14. The van der Waals surface area contributed by atoms with Crippen LogP contribution in [0.1, 0.15) is 67.9 Å². The summed E-state index contributed by atoms with van der Waals surface area (Å²) in [5.74, 6) is -0.266. The first-order chi connectivity index (χ1) is 15.6. The van der Waals surface area contributed by atoms with Gasteiger partial charge in [-0.1, -0.05) is 50.8 Å². The summed E-state index contributed by atoms with van der Waals surface area (Å²) in [4.78, 5) is 31.7. The first-order valence-corrected chi connectivity index (χ1v) is 11.7. The number of aromatic nitrogens is 1. The van der Waals surface area contributed by atoms with Crippen molar-refractivity contribution >= 4 is 23.3 Å². The van der Waals surface area contributed by atoms with E-state index in [-0.39, 0.29) is 11.9 Å². The third-order valence-electron chi connectivity index (χ3n) is 5.88. The number of benzene rings is 1. The molecular weight excluding hydrogens is 402 g/mol. The van der Waals surface area contributed by atoms with E-state index in [4.69, 9.17) is 0 Å². The number of para-hydroxylation sites is 2. The SMILES string of the molecule is CCCCCN(Cc1ccc(C(=O)Nc2ccccc2NC)nc1)C(=O)NC1CCCC1. The van der Waals surface area contributed by atoms with E-state index in [1.54, 1.807) is 12.3 Å². The Kier molecular flexibility index (Phi) is 8.90. The number of pyridine rings is 1. The lowest BCUT2D eigenvalue weighted by Gasteiger charge is -2.25. The molecule has 3 rings (SSSR count). The number of carbonyl (C=O) groups excluding carboxylic acids is 2. The second kappa shape index (κ2) is 12.1. The highest BCUT2D eigenvalue weighted by molar-refractivity contribution is 6.04. The summed E-state index contributed by atoms with van der Waals surface area (Å²) in [6.45, 7) is 3.36. The van der Waals surface area contributed by atoms with Crippen LogP contribution >= 0.6 is 0 Å². The van der Waals surface area contributed by atoms with Crippen molar-refractivity contribution in [3.8, 4) is 0 Å². The number of hydrogen-bond donors (Lipinski definition) is 3. The number of nitrogens with zero attached hydrogens (tertiary/aromatic N) is 2. The van der Waals surface area contributed by atoms with Gasteiger partial charge in [-0.05, 0) is 43.0 Å². The number of anilines is 2. The number of carbonyl (C=O) groups is 2. The predicted octanol–water partition coefficient (Wildman–Crippen LogP) is 5.02. The maximum Gasteiger partial charge on any atom is 0.317 e. The van der Waals surface area contributed by atoms with Gasteiger partial charge in [0, 0.05) is 32.4 Å². The Morgan fingerprint density at radius 3 is 2.47 bits per heavy atom. The Morgan fingerprint density at radius 1 is 1.06 bits per heavy atom. The van der Waals surface area contributed by atoms with Gasteiger partial charge in [-0.3, -0.25) is 9.78 Å². The van der Waals surface area contributed by atoms with Gasteiger partial charge >= 0.3 is 6.03 Å². The highest BCUT2D eigenvalue weighted by Gasteiger charge is 2.21. The fourth-order valence-electron chi connectivity index (χ4n) is 4.01. The number of unbranched alkanes of at least 4 members (excludes halogenated alkanes) is 2. The van der Waals surface area contributed by atoms with E-state index in [1.807, 2.05) is 42.3 Å². The first kappa shape index (κ1) is 23.6. The van der Waals surface area contributed by atoms with Crippen molar-refractivity contribution in [1.29, 1.82) is 0 Å². The summed E-state index contributed by atoms with van der Waals surface area (Å²) in [6.07, 6.45) is 9.38. The quantitative estimate of drug-likeness (QED) is 0.456. The van der Waals surface area contributed by atoms with Gasteiger partial charge in [-0.25, -0.2) is 4.79 Å². The molecule has 1 aromatic heterocycles. The van der Waals surface area contributed by atoms with Gasteiger partial charge in [0.1, 0.15) is 5.69 Å². The van der Waals surface area contributed by atoms with E-state index >= 15 is 0 Å². The topological polar surface area (TPSA) is 86.4 Å². The molecule has 3 N–H and O–H groups in total. The Labute approximate surface area is 191 Å². The largest absolute Gasteiger partial charge is 0.386 e. The average molecular weight is 438 g/mol.